The first-order chi connectivity index (χ1) is 18.1. The van der Waals surface area contributed by atoms with Gasteiger partial charge in [0.15, 0.2) is 0 Å². The summed E-state index contributed by atoms with van der Waals surface area (Å²) in [7, 11) is 0. The minimum absolute atomic E-state index is 0.112. The third-order valence-corrected chi connectivity index (χ3v) is 7.42. The van der Waals surface area contributed by atoms with Crippen molar-refractivity contribution in [3.05, 3.63) is 101 Å². The summed E-state index contributed by atoms with van der Waals surface area (Å²) in [5, 5.41) is 10.7. The van der Waals surface area contributed by atoms with Gasteiger partial charge in [0.1, 0.15) is 5.82 Å². The number of benzene rings is 3. The smallest absolute Gasteiger partial charge is 0.106 e. The number of aliphatic carboxylic acids is 1. The number of carbonyl (C=O) groups excluding carboxylic acids is 1. The second-order valence-electron chi connectivity index (χ2n) is 10.00. The van der Waals surface area contributed by atoms with Crippen LogP contribution in [0, 0.1) is 6.92 Å². The van der Waals surface area contributed by atoms with E-state index in [0.29, 0.717) is 6.42 Å². The third kappa shape index (κ3) is 6.09. The largest absolute Gasteiger partial charge is 0.550 e. The van der Waals surface area contributed by atoms with Gasteiger partial charge in [-0.2, -0.15) is 0 Å². The van der Waals surface area contributed by atoms with E-state index < -0.39 is 5.97 Å². The molecule has 6 heteroatoms. The lowest BCUT2D eigenvalue weighted by Crippen LogP contribution is -2.47. The molecule has 5 rings (SSSR count). The number of fused-ring (bicyclic) bond motifs is 1. The van der Waals surface area contributed by atoms with Gasteiger partial charge in [-0.3, -0.25) is 9.80 Å². The van der Waals surface area contributed by atoms with E-state index in [-0.39, 0.29) is 12.5 Å². The van der Waals surface area contributed by atoms with Gasteiger partial charge < -0.3 is 14.5 Å². The van der Waals surface area contributed by atoms with E-state index >= 15 is 0 Å². The van der Waals surface area contributed by atoms with Crippen LogP contribution in [0.4, 0.5) is 0 Å². The van der Waals surface area contributed by atoms with E-state index in [1.165, 1.54) is 16.7 Å². The fourth-order valence-corrected chi connectivity index (χ4v) is 5.54. The van der Waals surface area contributed by atoms with Gasteiger partial charge in [0, 0.05) is 45.2 Å². The van der Waals surface area contributed by atoms with Crippen LogP contribution in [-0.2, 0) is 17.9 Å². The molecule has 4 aromatic rings. The average Bonchev–Trinajstić information content (AvgIpc) is 3.23. The van der Waals surface area contributed by atoms with Gasteiger partial charge in [-0.15, -0.1) is 0 Å². The number of unbranched alkanes of at least 4 members (excludes halogenated alkanes) is 1. The van der Waals surface area contributed by atoms with Crippen LogP contribution in [0.1, 0.15) is 47.8 Å². The van der Waals surface area contributed by atoms with Crippen molar-refractivity contribution in [2.24, 2.45) is 0 Å². The van der Waals surface area contributed by atoms with Crippen LogP contribution in [-0.4, -0.2) is 51.5 Å². The predicted molar refractivity (Wildman–Crippen MR) is 145 cm³/mol. The number of carbonyl (C=O) groups is 1. The molecule has 0 N–H and O–H groups in total. The van der Waals surface area contributed by atoms with Crippen molar-refractivity contribution in [2.75, 3.05) is 26.2 Å². The Bertz CT molecular complexity index is 1270. The highest BCUT2D eigenvalue weighted by Gasteiger charge is 2.26. The molecule has 6 nitrogen and oxygen atoms in total. The van der Waals surface area contributed by atoms with Crippen molar-refractivity contribution < 1.29 is 9.90 Å². The van der Waals surface area contributed by atoms with E-state index in [1.807, 2.05) is 6.92 Å². The maximum absolute atomic E-state index is 10.7. The van der Waals surface area contributed by atoms with Crippen LogP contribution >= 0.6 is 0 Å². The first-order valence-corrected chi connectivity index (χ1v) is 13.3. The Hall–Kier alpha value is -3.48. The van der Waals surface area contributed by atoms with Gasteiger partial charge in [-0.1, -0.05) is 66.7 Å². The number of aryl methyl sites for hydroxylation is 2. The molecular formula is C31H35N4O2-. The van der Waals surface area contributed by atoms with Gasteiger partial charge in [-0.05, 0) is 55.0 Å². The highest BCUT2D eigenvalue weighted by atomic mass is 16.4. The second-order valence-corrected chi connectivity index (χ2v) is 10.00. The molecule has 1 aliphatic heterocycles. The van der Waals surface area contributed by atoms with E-state index in [4.69, 9.17) is 4.98 Å². The molecule has 0 bridgehead atoms. The monoisotopic (exact) mass is 495 g/mol. The highest BCUT2D eigenvalue weighted by molar-refractivity contribution is 5.77. The first-order valence-electron chi connectivity index (χ1n) is 13.3. The van der Waals surface area contributed by atoms with Gasteiger partial charge in [-0.25, -0.2) is 4.98 Å². The molecule has 192 valence electrons. The number of aromatic nitrogens is 2. The standard InChI is InChI=1S/C31H36N4O2/c1-24-32-28-22-25(15-16-29(28)35(24)17-9-8-14-30(36)37)23-33-18-20-34(21-19-33)31(26-10-4-2-5-11-26)27-12-6-3-7-13-27/h2-7,10-13,15-16,22,31H,8-9,14,17-21,23H2,1H3,(H,36,37)/p-1. The number of imidazole rings is 1. The Labute approximate surface area is 219 Å². The fraction of sp³-hybridized carbons (Fsp3) is 0.355. The fourth-order valence-electron chi connectivity index (χ4n) is 5.54. The van der Waals surface area contributed by atoms with Crippen LogP contribution in [0.5, 0.6) is 0 Å². The maximum atomic E-state index is 10.7. The zero-order valence-electron chi connectivity index (χ0n) is 21.6. The molecule has 2 heterocycles. The van der Waals surface area contributed by atoms with Crippen molar-refractivity contribution in [1.29, 1.82) is 0 Å². The Balaban J connectivity index is 1.22. The molecule has 0 aliphatic carbocycles. The van der Waals surface area contributed by atoms with Crippen LogP contribution in [0.15, 0.2) is 78.9 Å². The summed E-state index contributed by atoms with van der Waals surface area (Å²) in [4.78, 5) is 20.6. The third-order valence-electron chi connectivity index (χ3n) is 7.42. The SMILES string of the molecule is Cc1nc2cc(CN3CCN(C(c4ccccc4)c4ccccc4)CC3)ccc2n1CCCCC(=O)[O-]. The zero-order valence-corrected chi connectivity index (χ0v) is 21.6. The van der Waals surface area contributed by atoms with Gasteiger partial charge in [0.2, 0.25) is 0 Å². The van der Waals surface area contributed by atoms with Gasteiger partial charge in [0.25, 0.3) is 0 Å². The van der Waals surface area contributed by atoms with E-state index in [0.717, 1.165) is 62.5 Å². The highest BCUT2D eigenvalue weighted by Crippen LogP contribution is 2.30. The number of rotatable bonds is 10. The van der Waals surface area contributed by atoms with Crippen molar-refractivity contribution in [3.63, 3.8) is 0 Å². The number of hydrogen-bond donors (Lipinski definition) is 0. The lowest BCUT2D eigenvalue weighted by molar-refractivity contribution is -0.305. The minimum atomic E-state index is -0.978. The average molecular weight is 496 g/mol. The molecule has 0 amide bonds. The van der Waals surface area contributed by atoms with Crippen molar-refractivity contribution in [3.8, 4) is 0 Å². The molecule has 0 unspecified atom stereocenters. The summed E-state index contributed by atoms with van der Waals surface area (Å²) in [6, 6.07) is 28.5. The summed E-state index contributed by atoms with van der Waals surface area (Å²) >= 11 is 0. The van der Waals surface area contributed by atoms with E-state index in [2.05, 4.69) is 93.2 Å². The minimum Gasteiger partial charge on any atom is -0.550 e. The first kappa shape index (κ1) is 25.2. The molecule has 37 heavy (non-hydrogen) atoms. The van der Waals surface area contributed by atoms with Gasteiger partial charge in [0.05, 0.1) is 17.1 Å². The molecule has 1 aromatic heterocycles. The van der Waals surface area contributed by atoms with Crippen LogP contribution < -0.4 is 5.11 Å². The lowest BCUT2D eigenvalue weighted by atomic mass is 9.96. The Morgan fingerprint density at radius 1 is 0.892 bits per heavy atom. The number of hydrogen-bond acceptors (Lipinski definition) is 5. The zero-order chi connectivity index (χ0) is 25.6. The van der Waals surface area contributed by atoms with Crippen LogP contribution in [0.25, 0.3) is 11.0 Å². The van der Waals surface area contributed by atoms with Crippen LogP contribution in [0.2, 0.25) is 0 Å². The topological polar surface area (TPSA) is 64.4 Å². The molecule has 0 saturated carbocycles. The normalized spacial score (nSPS) is 15.0. The van der Waals surface area contributed by atoms with Gasteiger partial charge >= 0.3 is 0 Å². The lowest BCUT2D eigenvalue weighted by Gasteiger charge is -2.39. The summed E-state index contributed by atoms with van der Waals surface area (Å²) in [5.41, 5.74) is 6.11. The molecule has 1 saturated heterocycles. The quantitative estimate of drug-likeness (QED) is 0.309. The molecule has 0 spiro atoms. The molecular weight excluding hydrogens is 460 g/mol. The van der Waals surface area contributed by atoms with Crippen molar-refractivity contribution in [2.45, 2.75) is 45.3 Å². The predicted octanol–water partition coefficient (Wildman–Crippen LogP) is 4.17. The Morgan fingerprint density at radius 3 is 2.16 bits per heavy atom. The van der Waals surface area contributed by atoms with Crippen LogP contribution in [0.3, 0.4) is 0 Å². The molecule has 1 fully saturated rings. The molecule has 0 radical (unpaired) electrons. The summed E-state index contributed by atoms with van der Waals surface area (Å²) < 4.78 is 2.19. The van der Waals surface area contributed by atoms with E-state index in [1.54, 1.807) is 0 Å². The number of carboxylic acid groups (broad SMARTS) is 1. The Morgan fingerprint density at radius 2 is 1.54 bits per heavy atom. The summed E-state index contributed by atoms with van der Waals surface area (Å²) in [6.45, 7) is 7.82. The molecule has 3 aromatic carbocycles. The number of nitrogens with zero attached hydrogens (tertiary/aromatic N) is 4. The maximum Gasteiger partial charge on any atom is 0.106 e. The van der Waals surface area contributed by atoms with Crippen molar-refractivity contribution >= 4 is 17.0 Å². The summed E-state index contributed by atoms with van der Waals surface area (Å²) in [5.74, 6) is -0.00424. The number of piperazine rings is 1. The summed E-state index contributed by atoms with van der Waals surface area (Å²) in [6.07, 6.45) is 1.54. The van der Waals surface area contributed by atoms with Crippen molar-refractivity contribution in [1.82, 2.24) is 19.4 Å². The van der Waals surface area contributed by atoms with E-state index in [9.17, 15) is 9.90 Å². The molecule has 0 atom stereocenters. The second kappa shape index (κ2) is 11.7. The molecule has 1 aliphatic rings. The number of carboxylic acids is 1. The Kier molecular flexibility index (Phi) is 7.97.